The quantitative estimate of drug-likeness (QED) is 0.110. The minimum Gasteiger partial charge on any atom is -0.491 e. The van der Waals surface area contributed by atoms with Crippen molar-refractivity contribution >= 4 is 23.1 Å². The van der Waals surface area contributed by atoms with Gasteiger partial charge in [-0.15, -0.1) is 0 Å². The van der Waals surface area contributed by atoms with E-state index in [1.165, 1.54) is 0 Å². The molecule has 50 heavy (non-hydrogen) atoms. The van der Waals surface area contributed by atoms with E-state index in [0.717, 1.165) is 52.2 Å². The Hall–Kier alpha value is -5.43. The molecule has 2 fully saturated rings. The third-order valence-electron chi connectivity index (χ3n) is 9.77. The van der Waals surface area contributed by atoms with Crippen molar-refractivity contribution in [3.05, 3.63) is 155 Å². The molecule has 7 nitrogen and oxygen atoms in total. The van der Waals surface area contributed by atoms with E-state index >= 15 is 0 Å². The van der Waals surface area contributed by atoms with Crippen molar-refractivity contribution in [2.24, 2.45) is 5.92 Å². The second kappa shape index (κ2) is 14.2. The fourth-order valence-corrected chi connectivity index (χ4v) is 7.13. The highest BCUT2D eigenvalue weighted by Gasteiger charge is 2.38. The molecule has 0 radical (unpaired) electrons. The number of rotatable bonds is 11. The van der Waals surface area contributed by atoms with E-state index in [1.54, 1.807) is 6.20 Å². The zero-order valence-electron chi connectivity index (χ0n) is 29.1. The lowest BCUT2D eigenvalue weighted by molar-refractivity contribution is -0.134. The van der Waals surface area contributed by atoms with Gasteiger partial charge in [0.25, 0.3) is 0 Å². The van der Waals surface area contributed by atoms with Crippen molar-refractivity contribution < 1.29 is 9.53 Å². The number of nitrogens with zero attached hydrogens (tertiary/aromatic N) is 3. The molecule has 5 aromatic rings. The number of amides is 1. The number of piperazine rings is 1. The predicted octanol–water partition coefficient (Wildman–Crippen LogP) is 8.14. The van der Waals surface area contributed by atoms with Crippen LogP contribution in [-0.4, -0.2) is 53.3 Å². The zero-order chi connectivity index (χ0) is 34.7. The van der Waals surface area contributed by atoms with Crippen LogP contribution in [-0.2, 0) is 10.3 Å². The van der Waals surface area contributed by atoms with Crippen LogP contribution in [0.4, 0.5) is 11.5 Å². The van der Waals surface area contributed by atoms with Crippen LogP contribution in [0.2, 0.25) is 0 Å². The Morgan fingerprint density at radius 1 is 0.840 bits per heavy atom. The molecule has 0 bridgehead atoms. The van der Waals surface area contributed by atoms with Gasteiger partial charge in [0.15, 0.2) is 0 Å². The molecule has 2 N–H and O–H groups in total. The largest absolute Gasteiger partial charge is 0.491 e. The second-order valence-electron chi connectivity index (χ2n) is 13.7. The molecule has 1 saturated heterocycles. The molecule has 254 valence electrons. The first-order valence-corrected chi connectivity index (χ1v) is 17.7. The van der Waals surface area contributed by atoms with Crippen LogP contribution >= 0.6 is 0 Å². The third-order valence-corrected chi connectivity index (χ3v) is 9.77. The maximum absolute atomic E-state index is 12.9. The third kappa shape index (κ3) is 6.73. The summed E-state index contributed by atoms with van der Waals surface area (Å²) < 4.78 is 6.18. The van der Waals surface area contributed by atoms with E-state index in [2.05, 4.69) is 89.9 Å². The van der Waals surface area contributed by atoms with Crippen LogP contribution in [0.5, 0.6) is 5.75 Å². The lowest BCUT2D eigenvalue weighted by Crippen LogP contribution is -2.54. The normalized spacial score (nSPS) is 16.3. The van der Waals surface area contributed by atoms with Gasteiger partial charge in [0.1, 0.15) is 17.1 Å². The summed E-state index contributed by atoms with van der Waals surface area (Å²) in [6.07, 6.45) is 3.80. The average Bonchev–Trinajstić information content (AvgIpc) is 4.01. The van der Waals surface area contributed by atoms with Gasteiger partial charge in [0, 0.05) is 54.6 Å². The number of anilines is 2. The molecule has 4 aromatic carbocycles. The molecule has 1 aromatic heterocycles. The van der Waals surface area contributed by atoms with Crippen molar-refractivity contribution in [3.8, 4) is 5.75 Å². The number of carbonyl (C=O) groups excluding carboxylic acids is 1. The number of aromatic nitrogens is 1. The average molecular weight is 664 g/mol. The maximum Gasteiger partial charge on any atom is 0.226 e. The summed E-state index contributed by atoms with van der Waals surface area (Å²) in [6.45, 7) is 8.25. The van der Waals surface area contributed by atoms with Gasteiger partial charge < -0.3 is 19.9 Å². The smallest absolute Gasteiger partial charge is 0.226 e. The molecular weight excluding hydrogens is 619 g/mol. The van der Waals surface area contributed by atoms with E-state index in [1.807, 2.05) is 67.3 Å². The standard InChI is InChI=1S/C43H45N5O2/c1-30(2)50-37-21-22-39(46-43(34-13-7-4-8-14-34,35-15-9-5-10-16-35)36-17-11-6-12-18-36)38(28-37)41(44)33-23-24-45-40(27-33)47-25-26-48(31(3)29-47)42(49)32-19-20-32/h4-18,21-24,27-28,30-32,44,46H,19-20,25-26,29H2,1-3H3. The van der Waals surface area contributed by atoms with Crippen molar-refractivity contribution in [2.75, 3.05) is 29.9 Å². The van der Waals surface area contributed by atoms with E-state index in [4.69, 9.17) is 9.72 Å². The number of benzene rings is 4. The lowest BCUT2D eigenvalue weighted by Gasteiger charge is -2.40. The summed E-state index contributed by atoms with van der Waals surface area (Å²) in [5.74, 6) is 2.03. The van der Waals surface area contributed by atoms with Crippen molar-refractivity contribution in [2.45, 2.75) is 51.3 Å². The SMILES string of the molecule is CC(C)Oc1ccc(NC(c2ccccc2)(c2ccccc2)c2ccccc2)c(C(=N)c2ccnc(N3CCN(C(=O)C4CC4)C(C)C3)c2)c1. The number of hydrogen-bond acceptors (Lipinski definition) is 6. The Bertz CT molecular complexity index is 1850. The summed E-state index contributed by atoms with van der Waals surface area (Å²) >= 11 is 0. The molecule has 1 saturated carbocycles. The summed E-state index contributed by atoms with van der Waals surface area (Å²) in [6, 6.07) is 41.5. The molecule has 2 aliphatic rings. The van der Waals surface area contributed by atoms with Crippen LogP contribution < -0.4 is 15.0 Å². The Labute approximate surface area is 295 Å². The molecule has 1 aliphatic carbocycles. The van der Waals surface area contributed by atoms with Gasteiger partial charge in [0.2, 0.25) is 5.91 Å². The Balaban J connectivity index is 1.29. The molecule has 1 unspecified atom stereocenters. The van der Waals surface area contributed by atoms with Crippen molar-refractivity contribution in [3.63, 3.8) is 0 Å². The number of pyridine rings is 1. The van der Waals surface area contributed by atoms with Gasteiger partial charge >= 0.3 is 0 Å². The first-order chi connectivity index (χ1) is 24.3. The highest BCUT2D eigenvalue weighted by atomic mass is 16.5. The van der Waals surface area contributed by atoms with Crippen molar-refractivity contribution in [1.29, 1.82) is 5.41 Å². The Morgan fingerprint density at radius 3 is 1.98 bits per heavy atom. The summed E-state index contributed by atoms with van der Waals surface area (Å²) in [5, 5.41) is 13.7. The van der Waals surface area contributed by atoms with Crippen LogP contribution in [0, 0.1) is 11.3 Å². The summed E-state index contributed by atoms with van der Waals surface area (Å²) in [5.41, 5.74) is 5.13. The molecule has 1 aliphatic heterocycles. The summed E-state index contributed by atoms with van der Waals surface area (Å²) in [4.78, 5) is 21.9. The minimum absolute atomic E-state index is 0.0205. The van der Waals surface area contributed by atoms with Crippen LogP contribution in [0.1, 0.15) is 61.4 Å². The van der Waals surface area contributed by atoms with E-state index in [0.29, 0.717) is 37.0 Å². The lowest BCUT2D eigenvalue weighted by atomic mass is 9.76. The highest BCUT2D eigenvalue weighted by molar-refractivity contribution is 6.14. The van der Waals surface area contributed by atoms with E-state index in [-0.39, 0.29) is 18.1 Å². The van der Waals surface area contributed by atoms with E-state index in [9.17, 15) is 10.2 Å². The number of nitrogens with one attached hydrogen (secondary N) is 2. The Morgan fingerprint density at radius 2 is 1.44 bits per heavy atom. The van der Waals surface area contributed by atoms with Gasteiger partial charge in [-0.1, -0.05) is 91.0 Å². The molecule has 7 rings (SSSR count). The molecule has 2 heterocycles. The van der Waals surface area contributed by atoms with Gasteiger partial charge in [-0.3, -0.25) is 10.2 Å². The molecule has 1 atom stereocenters. The Kier molecular flexibility index (Phi) is 9.40. The molecular formula is C43H45N5O2. The first kappa shape index (κ1) is 33.1. The predicted molar refractivity (Wildman–Crippen MR) is 201 cm³/mol. The molecule has 7 heteroatoms. The fraction of sp³-hybridized carbons (Fsp3) is 0.279. The number of ether oxygens (including phenoxy) is 1. The van der Waals surface area contributed by atoms with Gasteiger partial charge in [-0.05, 0) is 80.6 Å². The fourth-order valence-electron chi connectivity index (χ4n) is 7.13. The van der Waals surface area contributed by atoms with Crippen molar-refractivity contribution in [1.82, 2.24) is 9.88 Å². The van der Waals surface area contributed by atoms with Gasteiger partial charge in [-0.2, -0.15) is 0 Å². The minimum atomic E-state index is -0.768. The van der Waals surface area contributed by atoms with Gasteiger partial charge in [-0.25, -0.2) is 4.98 Å². The van der Waals surface area contributed by atoms with Crippen LogP contribution in [0.15, 0.2) is 128 Å². The molecule has 0 spiro atoms. The van der Waals surface area contributed by atoms with Crippen LogP contribution in [0.3, 0.4) is 0 Å². The maximum atomic E-state index is 12.9. The van der Waals surface area contributed by atoms with Crippen LogP contribution in [0.25, 0.3) is 0 Å². The number of carbonyl (C=O) groups is 1. The topological polar surface area (TPSA) is 81.6 Å². The number of hydrogen-bond donors (Lipinski definition) is 2. The first-order valence-electron chi connectivity index (χ1n) is 17.7. The van der Waals surface area contributed by atoms with Gasteiger partial charge in [0.05, 0.1) is 11.8 Å². The second-order valence-corrected chi connectivity index (χ2v) is 13.7. The highest BCUT2D eigenvalue weighted by Crippen LogP contribution is 2.42. The monoisotopic (exact) mass is 663 g/mol. The summed E-state index contributed by atoms with van der Waals surface area (Å²) in [7, 11) is 0. The molecule has 1 amide bonds. The zero-order valence-corrected chi connectivity index (χ0v) is 29.1. The van der Waals surface area contributed by atoms with E-state index < -0.39 is 5.54 Å².